The molecule has 0 amide bonds. The summed E-state index contributed by atoms with van der Waals surface area (Å²) in [6.07, 6.45) is 5.00. The number of piperidine rings is 1. The quantitative estimate of drug-likeness (QED) is 0.760. The third kappa shape index (κ3) is 5.32. The van der Waals surface area contributed by atoms with Crippen LogP contribution >= 0.6 is 0 Å². The predicted molar refractivity (Wildman–Crippen MR) is 102 cm³/mol. The number of hydrogen-bond donors (Lipinski definition) is 1. The molecule has 2 bridgehead atoms. The number of ether oxygens (including phenoxy) is 1. The van der Waals surface area contributed by atoms with Crippen LogP contribution in [-0.2, 0) is 11.3 Å². The van der Waals surface area contributed by atoms with Gasteiger partial charge >= 0.3 is 5.97 Å². The minimum Gasteiger partial charge on any atom is -0.482 e. The molecule has 3 saturated heterocycles. The van der Waals surface area contributed by atoms with Crippen LogP contribution in [0.5, 0.6) is 5.75 Å². The van der Waals surface area contributed by atoms with Crippen LogP contribution in [0, 0.1) is 5.92 Å². The highest BCUT2D eigenvalue weighted by Crippen LogP contribution is 2.29. The van der Waals surface area contributed by atoms with Gasteiger partial charge in [-0.2, -0.15) is 0 Å². The Labute approximate surface area is 156 Å². The molecular formula is C21H30N2O3. The maximum absolute atomic E-state index is 10.6. The standard InChI is InChI=1S/C21H30N2O3/c1-16(2)9-10-23-13-18-3-6-19(23)14-22(12-18)11-17-4-7-20(8-5-17)26-15-21(24)25/h4-5,7-9,18-19H,3,6,10-15H2,1-2H3,(H,24,25)/t18-,19+/m0/s1. The zero-order valence-electron chi connectivity index (χ0n) is 15.9. The SMILES string of the molecule is CC(C)=CCN1C[C@H]2CC[C@@H]1CN(Cc1ccc(OCC(=O)O)cc1)C2. The van der Waals surface area contributed by atoms with E-state index in [2.05, 4.69) is 29.7 Å². The zero-order valence-corrected chi connectivity index (χ0v) is 15.9. The van der Waals surface area contributed by atoms with Gasteiger partial charge in [0.05, 0.1) is 0 Å². The van der Waals surface area contributed by atoms with E-state index in [1.807, 2.05) is 24.3 Å². The molecule has 5 heteroatoms. The van der Waals surface area contributed by atoms with E-state index < -0.39 is 5.97 Å². The van der Waals surface area contributed by atoms with Gasteiger partial charge in [0.1, 0.15) is 5.75 Å². The maximum Gasteiger partial charge on any atom is 0.341 e. The van der Waals surface area contributed by atoms with E-state index in [0.29, 0.717) is 11.8 Å². The Hall–Kier alpha value is -1.85. The van der Waals surface area contributed by atoms with E-state index in [1.165, 1.54) is 37.1 Å². The third-order valence-corrected chi connectivity index (χ3v) is 5.33. The van der Waals surface area contributed by atoms with Gasteiger partial charge in [0.25, 0.3) is 0 Å². The average molecular weight is 358 g/mol. The van der Waals surface area contributed by atoms with Gasteiger partial charge in [-0.1, -0.05) is 23.8 Å². The van der Waals surface area contributed by atoms with Crippen molar-refractivity contribution in [2.24, 2.45) is 5.92 Å². The monoisotopic (exact) mass is 358 g/mol. The molecule has 3 fully saturated rings. The largest absolute Gasteiger partial charge is 0.482 e. The zero-order chi connectivity index (χ0) is 18.5. The van der Waals surface area contributed by atoms with Gasteiger partial charge in [0.15, 0.2) is 6.61 Å². The minimum absolute atomic E-state index is 0.295. The lowest BCUT2D eigenvalue weighted by Crippen LogP contribution is -2.43. The third-order valence-electron chi connectivity index (χ3n) is 5.33. The summed E-state index contributed by atoms with van der Waals surface area (Å²) in [5.74, 6) is 0.421. The minimum atomic E-state index is -0.952. The Balaban J connectivity index is 1.57. The van der Waals surface area contributed by atoms with Crippen molar-refractivity contribution in [3.05, 3.63) is 41.5 Å². The molecule has 26 heavy (non-hydrogen) atoms. The second kappa shape index (κ2) is 8.69. The number of rotatable bonds is 7. The molecule has 0 radical (unpaired) electrons. The first kappa shape index (κ1) is 18.9. The number of nitrogens with zero attached hydrogens (tertiary/aromatic N) is 2. The van der Waals surface area contributed by atoms with Crippen molar-refractivity contribution in [3.63, 3.8) is 0 Å². The van der Waals surface area contributed by atoms with Crippen molar-refractivity contribution in [3.8, 4) is 5.75 Å². The first-order valence-corrected chi connectivity index (χ1v) is 9.53. The first-order valence-electron chi connectivity index (χ1n) is 9.53. The number of carboxylic acid groups (broad SMARTS) is 1. The topological polar surface area (TPSA) is 53.0 Å². The van der Waals surface area contributed by atoms with Gasteiger partial charge < -0.3 is 9.84 Å². The molecule has 4 rings (SSSR count). The summed E-state index contributed by atoms with van der Waals surface area (Å²) in [6.45, 7) is 9.58. The molecule has 142 valence electrons. The average Bonchev–Trinajstić information content (AvgIpc) is 2.89. The highest BCUT2D eigenvalue weighted by Gasteiger charge is 2.34. The summed E-state index contributed by atoms with van der Waals surface area (Å²) < 4.78 is 5.21. The lowest BCUT2D eigenvalue weighted by atomic mass is 9.95. The second-order valence-electron chi connectivity index (χ2n) is 7.85. The van der Waals surface area contributed by atoms with Crippen LogP contribution in [0.2, 0.25) is 0 Å². The number of hydrogen-bond acceptors (Lipinski definition) is 4. The van der Waals surface area contributed by atoms with Crippen molar-refractivity contribution in [1.29, 1.82) is 0 Å². The summed E-state index contributed by atoms with van der Waals surface area (Å²) >= 11 is 0. The lowest BCUT2D eigenvalue weighted by Gasteiger charge is -2.35. The number of aliphatic carboxylic acids is 1. The molecule has 0 spiro atoms. The van der Waals surface area contributed by atoms with E-state index in [-0.39, 0.29) is 6.61 Å². The normalized spacial score (nSPS) is 23.5. The number of benzene rings is 1. The van der Waals surface area contributed by atoms with Crippen molar-refractivity contribution < 1.29 is 14.6 Å². The Bertz CT molecular complexity index is 637. The number of carboxylic acids is 1. The van der Waals surface area contributed by atoms with Crippen LogP contribution in [0.25, 0.3) is 0 Å². The van der Waals surface area contributed by atoms with E-state index in [9.17, 15) is 4.79 Å². The molecule has 3 aliphatic heterocycles. The molecule has 1 aromatic carbocycles. The summed E-state index contributed by atoms with van der Waals surface area (Å²) in [5, 5.41) is 8.68. The van der Waals surface area contributed by atoms with Crippen molar-refractivity contribution in [1.82, 2.24) is 9.80 Å². The van der Waals surface area contributed by atoms with Gasteiger partial charge in [0, 0.05) is 38.8 Å². The molecule has 0 aromatic heterocycles. The Morgan fingerprint density at radius 2 is 1.96 bits per heavy atom. The van der Waals surface area contributed by atoms with Crippen LogP contribution in [0.15, 0.2) is 35.9 Å². The van der Waals surface area contributed by atoms with Gasteiger partial charge in [0.2, 0.25) is 0 Å². The van der Waals surface area contributed by atoms with Crippen molar-refractivity contribution in [2.45, 2.75) is 39.3 Å². The molecule has 2 atom stereocenters. The van der Waals surface area contributed by atoms with E-state index in [0.717, 1.165) is 25.6 Å². The molecular weight excluding hydrogens is 328 g/mol. The summed E-state index contributed by atoms with van der Waals surface area (Å²) in [4.78, 5) is 15.8. The second-order valence-corrected chi connectivity index (χ2v) is 7.85. The molecule has 3 heterocycles. The Morgan fingerprint density at radius 3 is 2.65 bits per heavy atom. The van der Waals surface area contributed by atoms with Gasteiger partial charge in [-0.25, -0.2) is 4.79 Å². The van der Waals surface area contributed by atoms with Gasteiger partial charge in [-0.05, 0) is 50.3 Å². The maximum atomic E-state index is 10.6. The number of carbonyl (C=O) groups is 1. The fourth-order valence-corrected chi connectivity index (χ4v) is 4.02. The number of fused-ring (bicyclic) bond motifs is 4. The van der Waals surface area contributed by atoms with Crippen molar-refractivity contribution in [2.75, 3.05) is 32.8 Å². The molecule has 1 aromatic rings. The van der Waals surface area contributed by atoms with E-state index >= 15 is 0 Å². The highest BCUT2D eigenvalue weighted by molar-refractivity contribution is 5.68. The van der Waals surface area contributed by atoms with Crippen LogP contribution in [0.3, 0.4) is 0 Å². The fraction of sp³-hybridized carbons (Fsp3) is 0.571. The van der Waals surface area contributed by atoms with Crippen LogP contribution in [-0.4, -0.2) is 59.7 Å². The van der Waals surface area contributed by atoms with Gasteiger partial charge in [-0.15, -0.1) is 0 Å². The lowest BCUT2D eigenvalue weighted by molar-refractivity contribution is -0.139. The first-order chi connectivity index (χ1) is 12.5. The highest BCUT2D eigenvalue weighted by atomic mass is 16.5. The van der Waals surface area contributed by atoms with Crippen LogP contribution in [0.4, 0.5) is 0 Å². The molecule has 0 saturated carbocycles. The van der Waals surface area contributed by atoms with E-state index in [1.54, 1.807) is 0 Å². The van der Waals surface area contributed by atoms with Crippen LogP contribution in [0.1, 0.15) is 32.3 Å². The van der Waals surface area contributed by atoms with Crippen molar-refractivity contribution >= 4 is 5.97 Å². The number of allylic oxidation sites excluding steroid dienone is 1. The molecule has 0 aliphatic carbocycles. The molecule has 5 nitrogen and oxygen atoms in total. The molecule has 3 aliphatic rings. The van der Waals surface area contributed by atoms with E-state index in [4.69, 9.17) is 9.84 Å². The smallest absolute Gasteiger partial charge is 0.341 e. The Morgan fingerprint density at radius 1 is 1.19 bits per heavy atom. The predicted octanol–water partition coefficient (Wildman–Crippen LogP) is 3.01. The molecule has 1 N–H and O–H groups in total. The summed E-state index contributed by atoms with van der Waals surface area (Å²) in [6, 6.07) is 8.48. The van der Waals surface area contributed by atoms with Crippen LogP contribution < -0.4 is 4.74 Å². The fourth-order valence-electron chi connectivity index (χ4n) is 4.02. The summed E-state index contributed by atoms with van der Waals surface area (Å²) in [5.41, 5.74) is 2.65. The van der Waals surface area contributed by atoms with Gasteiger partial charge in [-0.3, -0.25) is 9.80 Å². The Kier molecular flexibility index (Phi) is 6.33. The molecule has 0 unspecified atom stereocenters. The summed E-state index contributed by atoms with van der Waals surface area (Å²) in [7, 11) is 0.